The standard InChI is InChI=1S/C18H20N6O2/c19-10-13(11-20)12-1-2-14(17(25)9-12)15-3-4-16(23-22-15)18(26)24-7-5-21-6-8-24/h1-4,9-11,19,21,25H,5-8,20H2/b13-11+,19-10?. The summed E-state index contributed by atoms with van der Waals surface area (Å²) in [5.41, 5.74) is 7.81. The average Bonchev–Trinajstić information content (AvgIpc) is 2.69. The molecule has 2 heterocycles. The van der Waals surface area contributed by atoms with Crippen LogP contribution in [0.2, 0.25) is 0 Å². The molecule has 8 heteroatoms. The summed E-state index contributed by atoms with van der Waals surface area (Å²) in [5.74, 6) is -0.145. The van der Waals surface area contributed by atoms with E-state index in [1.54, 1.807) is 29.2 Å². The highest BCUT2D eigenvalue weighted by Gasteiger charge is 2.19. The lowest BCUT2D eigenvalue weighted by Crippen LogP contribution is -2.46. The van der Waals surface area contributed by atoms with Crippen molar-refractivity contribution in [1.29, 1.82) is 5.41 Å². The van der Waals surface area contributed by atoms with E-state index in [2.05, 4.69) is 15.5 Å². The average molecular weight is 352 g/mol. The molecule has 8 nitrogen and oxygen atoms in total. The number of nitrogens with one attached hydrogen (secondary N) is 2. The van der Waals surface area contributed by atoms with Crippen LogP contribution in [0.1, 0.15) is 16.1 Å². The summed E-state index contributed by atoms with van der Waals surface area (Å²) in [6.07, 6.45) is 2.42. The normalized spacial score (nSPS) is 14.9. The van der Waals surface area contributed by atoms with Crippen molar-refractivity contribution in [3.05, 3.63) is 47.8 Å². The summed E-state index contributed by atoms with van der Waals surface area (Å²) in [6, 6.07) is 8.20. The van der Waals surface area contributed by atoms with Crippen molar-refractivity contribution in [3.8, 4) is 17.0 Å². The van der Waals surface area contributed by atoms with Crippen molar-refractivity contribution in [1.82, 2.24) is 20.4 Å². The third kappa shape index (κ3) is 3.55. The number of carbonyl (C=O) groups is 1. The number of nitrogens with zero attached hydrogens (tertiary/aromatic N) is 3. The molecular weight excluding hydrogens is 332 g/mol. The Morgan fingerprint density at radius 3 is 2.58 bits per heavy atom. The number of nitrogens with two attached hydrogens (primary N) is 1. The highest BCUT2D eigenvalue weighted by atomic mass is 16.3. The van der Waals surface area contributed by atoms with Crippen LogP contribution in [0, 0.1) is 5.41 Å². The van der Waals surface area contributed by atoms with Crippen molar-refractivity contribution >= 4 is 17.7 Å². The minimum atomic E-state index is -0.145. The predicted octanol–water partition coefficient (Wildman–Crippen LogP) is 0.844. The Labute approximate surface area is 150 Å². The van der Waals surface area contributed by atoms with Gasteiger partial charge in [0, 0.05) is 49.7 Å². The van der Waals surface area contributed by atoms with Crippen LogP contribution in [0.15, 0.2) is 36.5 Å². The van der Waals surface area contributed by atoms with Crippen molar-refractivity contribution in [2.45, 2.75) is 0 Å². The van der Waals surface area contributed by atoms with Gasteiger partial charge in [0.2, 0.25) is 0 Å². The van der Waals surface area contributed by atoms with Crippen LogP contribution in [0.25, 0.3) is 16.8 Å². The molecule has 1 aliphatic rings. The highest BCUT2D eigenvalue weighted by Crippen LogP contribution is 2.30. The Morgan fingerprint density at radius 1 is 1.23 bits per heavy atom. The Morgan fingerprint density at radius 2 is 2.00 bits per heavy atom. The largest absolute Gasteiger partial charge is 0.507 e. The quantitative estimate of drug-likeness (QED) is 0.604. The van der Waals surface area contributed by atoms with Gasteiger partial charge in [0.25, 0.3) is 5.91 Å². The molecule has 3 rings (SSSR count). The predicted molar refractivity (Wildman–Crippen MR) is 98.9 cm³/mol. The summed E-state index contributed by atoms with van der Waals surface area (Å²) >= 11 is 0. The van der Waals surface area contributed by atoms with Crippen LogP contribution in [0.5, 0.6) is 5.75 Å². The molecule has 1 amide bonds. The van der Waals surface area contributed by atoms with Crippen LogP contribution >= 0.6 is 0 Å². The van der Waals surface area contributed by atoms with Gasteiger partial charge in [-0.3, -0.25) is 4.79 Å². The maximum absolute atomic E-state index is 12.4. The summed E-state index contributed by atoms with van der Waals surface area (Å²) < 4.78 is 0. The van der Waals surface area contributed by atoms with Gasteiger partial charge in [0.15, 0.2) is 5.69 Å². The second kappa shape index (κ2) is 7.75. The van der Waals surface area contributed by atoms with Gasteiger partial charge in [0.05, 0.1) is 5.69 Å². The molecular formula is C18H20N6O2. The molecule has 1 saturated heterocycles. The zero-order chi connectivity index (χ0) is 18.5. The first-order valence-corrected chi connectivity index (χ1v) is 8.24. The van der Waals surface area contributed by atoms with E-state index >= 15 is 0 Å². The van der Waals surface area contributed by atoms with Gasteiger partial charge in [-0.05, 0) is 29.8 Å². The minimum absolute atomic E-state index is 0.000758. The van der Waals surface area contributed by atoms with E-state index in [9.17, 15) is 9.90 Å². The first kappa shape index (κ1) is 17.6. The zero-order valence-electron chi connectivity index (χ0n) is 14.1. The van der Waals surface area contributed by atoms with E-state index in [1.807, 2.05) is 0 Å². The molecule has 1 aromatic carbocycles. The Balaban J connectivity index is 1.82. The van der Waals surface area contributed by atoms with E-state index < -0.39 is 0 Å². The van der Waals surface area contributed by atoms with Gasteiger partial charge in [-0.15, -0.1) is 10.2 Å². The maximum Gasteiger partial charge on any atom is 0.274 e. The van der Waals surface area contributed by atoms with Gasteiger partial charge in [-0.2, -0.15) is 0 Å². The fourth-order valence-electron chi connectivity index (χ4n) is 2.78. The Hall–Kier alpha value is -3.26. The highest BCUT2D eigenvalue weighted by molar-refractivity contribution is 6.08. The second-order valence-corrected chi connectivity index (χ2v) is 5.84. The number of hydrogen-bond acceptors (Lipinski definition) is 7. The monoisotopic (exact) mass is 352 g/mol. The molecule has 5 N–H and O–H groups in total. The number of phenols is 1. The molecule has 1 aromatic heterocycles. The van der Waals surface area contributed by atoms with Crippen molar-refractivity contribution in [3.63, 3.8) is 0 Å². The minimum Gasteiger partial charge on any atom is -0.507 e. The molecule has 0 aliphatic carbocycles. The smallest absolute Gasteiger partial charge is 0.274 e. The van der Waals surface area contributed by atoms with Crippen LogP contribution in [-0.2, 0) is 0 Å². The van der Waals surface area contributed by atoms with Crippen LogP contribution < -0.4 is 11.1 Å². The molecule has 0 saturated carbocycles. The number of rotatable bonds is 4. The third-order valence-electron chi connectivity index (χ3n) is 4.23. The molecule has 0 unspecified atom stereocenters. The number of benzene rings is 1. The number of phenolic OH excluding ortho intramolecular Hbond substituents is 1. The number of allylic oxidation sites excluding steroid dienone is 1. The van der Waals surface area contributed by atoms with Gasteiger partial charge in [-0.25, -0.2) is 0 Å². The van der Waals surface area contributed by atoms with Crippen molar-refractivity contribution in [2.24, 2.45) is 5.73 Å². The van der Waals surface area contributed by atoms with Crippen molar-refractivity contribution < 1.29 is 9.90 Å². The fourth-order valence-corrected chi connectivity index (χ4v) is 2.78. The molecule has 26 heavy (non-hydrogen) atoms. The van der Waals surface area contributed by atoms with Crippen LogP contribution in [0.4, 0.5) is 0 Å². The lowest BCUT2D eigenvalue weighted by atomic mass is 10.0. The molecule has 0 spiro atoms. The topological polar surface area (TPSA) is 128 Å². The van der Waals surface area contributed by atoms with Gasteiger partial charge in [0.1, 0.15) is 5.75 Å². The van der Waals surface area contributed by atoms with E-state index in [-0.39, 0.29) is 17.4 Å². The number of aromatic hydroxyl groups is 1. The lowest BCUT2D eigenvalue weighted by molar-refractivity contribution is 0.0728. The van der Waals surface area contributed by atoms with E-state index in [0.717, 1.165) is 19.3 Å². The van der Waals surface area contributed by atoms with Gasteiger partial charge >= 0.3 is 0 Å². The van der Waals surface area contributed by atoms with E-state index in [1.165, 1.54) is 12.3 Å². The summed E-state index contributed by atoms with van der Waals surface area (Å²) in [7, 11) is 0. The number of amides is 1. The number of carbonyl (C=O) groups excluding carboxylic acids is 1. The van der Waals surface area contributed by atoms with Gasteiger partial charge in [-0.1, -0.05) is 6.07 Å². The summed E-state index contributed by atoms with van der Waals surface area (Å²) in [4.78, 5) is 14.1. The Bertz CT molecular complexity index is 841. The summed E-state index contributed by atoms with van der Waals surface area (Å²) in [5, 5.41) is 28.9. The summed E-state index contributed by atoms with van der Waals surface area (Å²) in [6.45, 7) is 2.84. The zero-order valence-corrected chi connectivity index (χ0v) is 14.1. The second-order valence-electron chi connectivity index (χ2n) is 5.84. The number of hydrogen-bond donors (Lipinski definition) is 4. The van der Waals surface area contributed by atoms with E-state index in [4.69, 9.17) is 11.1 Å². The molecule has 1 aliphatic heterocycles. The molecule has 0 atom stereocenters. The van der Waals surface area contributed by atoms with Crippen LogP contribution in [-0.4, -0.2) is 58.5 Å². The SMILES string of the molecule is N=C/C(=C\N)c1ccc(-c2ccc(C(=O)N3CCNCC3)nn2)c(O)c1. The van der Waals surface area contributed by atoms with Crippen LogP contribution in [0.3, 0.4) is 0 Å². The Kier molecular flexibility index (Phi) is 5.23. The fraction of sp³-hybridized carbons (Fsp3) is 0.222. The third-order valence-corrected chi connectivity index (χ3v) is 4.23. The molecule has 1 fully saturated rings. The van der Waals surface area contributed by atoms with E-state index in [0.29, 0.717) is 35.5 Å². The molecule has 134 valence electrons. The maximum atomic E-state index is 12.4. The van der Waals surface area contributed by atoms with Gasteiger partial charge < -0.3 is 26.5 Å². The first-order valence-electron chi connectivity index (χ1n) is 8.24. The van der Waals surface area contributed by atoms with Crippen molar-refractivity contribution in [2.75, 3.05) is 26.2 Å². The number of aromatic nitrogens is 2. The first-order chi connectivity index (χ1) is 12.6. The molecule has 0 radical (unpaired) electrons. The number of piperazine rings is 1. The molecule has 0 bridgehead atoms. The lowest BCUT2D eigenvalue weighted by Gasteiger charge is -2.26. The molecule has 2 aromatic rings.